The first kappa shape index (κ1) is 17.6. The predicted molar refractivity (Wildman–Crippen MR) is 103 cm³/mol. The Morgan fingerprint density at radius 3 is 2.76 bits per heavy atom. The summed E-state index contributed by atoms with van der Waals surface area (Å²) in [5.74, 6) is 1.07. The van der Waals surface area contributed by atoms with E-state index in [1.54, 1.807) is 12.1 Å². The largest absolute Gasteiger partial charge is 0.490 e. The summed E-state index contributed by atoms with van der Waals surface area (Å²) in [5.41, 5.74) is 1.53. The van der Waals surface area contributed by atoms with Gasteiger partial charge in [0.1, 0.15) is 6.61 Å². The number of hydrogen-bond acceptors (Lipinski definition) is 4. The summed E-state index contributed by atoms with van der Waals surface area (Å²) in [7, 11) is 0. The van der Waals surface area contributed by atoms with Gasteiger partial charge in [0.25, 0.3) is 0 Å². The van der Waals surface area contributed by atoms with Crippen molar-refractivity contribution in [3.63, 3.8) is 0 Å². The highest BCUT2D eigenvalue weighted by Gasteiger charge is 2.25. The number of carbonyl (C=O) groups is 1. The van der Waals surface area contributed by atoms with E-state index < -0.39 is 0 Å². The van der Waals surface area contributed by atoms with E-state index in [0.29, 0.717) is 34.6 Å². The SMILES string of the molecule is C=CCOc1c(Cl)cc(/C=C2\Sc3ccccc3C2=O)cc1OCC. The summed E-state index contributed by atoms with van der Waals surface area (Å²) >= 11 is 7.82. The summed E-state index contributed by atoms with van der Waals surface area (Å²) < 4.78 is 11.2. The van der Waals surface area contributed by atoms with Gasteiger partial charge >= 0.3 is 0 Å². The molecule has 0 unspecified atom stereocenters. The number of fused-ring (bicyclic) bond motifs is 1. The minimum Gasteiger partial charge on any atom is -0.490 e. The zero-order chi connectivity index (χ0) is 17.8. The number of hydrogen-bond donors (Lipinski definition) is 0. The molecule has 0 atom stereocenters. The lowest BCUT2D eigenvalue weighted by Gasteiger charge is -2.13. The van der Waals surface area contributed by atoms with Crippen LogP contribution in [0.3, 0.4) is 0 Å². The van der Waals surface area contributed by atoms with Crippen molar-refractivity contribution in [1.82, 2.24) is 0 Å². The molecule has 1 heterocycles. The number of ether oxygens (including phenoxy) is 2. The molecule has 3 nitrogen and oxygen atoms in total. The Kier molecular flexibility index (Phi) is 5.51. The molecular weight excluding hydrogens is 356 g/mol. The van der Waals surface area contributed by atoms with E-state index in [4.69, 9.17) is 21.1 Å². The van der Waals surface area contributed by atoms with E-state index >= 15 is 0 Å². The Morgan fingerprint density at radius 2 is 2.04 bits per heavy atom. The van der Waals surface area contributed by atoms with Crippen molar-refractivity contribution >= 4 is 35.2 Å². The minimum atomic E-state index is 0.0293. The lowest BCUT2D eigenvalue weighted by Crippen LogP contribution is -2.00. The number of ketones is 1. The minimum absolute atomic E-state index is 0.0293. The number of thioether (sulfide) groups is 1. The molecule has 1 aliphatic heterocycles. The molecule has 0 saturated carbocycles. The molecule has 0 fully saturated rings. The van der Waals surface area contributed by atoms with Crippen LogP contribution in [0.25, 0.3) is 6.08 Å². The van der Waals surface area contributed by atoms with Crippen molar-refractivity contribution in [3.8, 4) is 11.5 Å². The summed E-state index contributed by atoms with van der Waals surface area (Å²) in [6.45, 7) is 6.35. The van der Waals surface area contributed by atoms with Gasteiger partial charge in [-0.1, -0.05) is 48.2 Å². The van der Waals surface area contributed by atoms with Crippen LogP contribution < -0.4 is 9.47 Å². The van der Waals surface area contributed by atoms with Crippen LogP contribution in [-0.4, -0.2) is 19.0 Å². The molecule has 0 N–H and O–H groups in total. The summed E-state index contributed by atoms with van der Waals surface area (Å²) in [4.78, 5) is 14.2. The molecule has 5 heteroatoms. The Balaban J connectivity index is 1.96. The fraction of sp³-hybridized carbons (Fsp3) is 0.150. The first-order chi connectivity index (χ1) is 12.1. The second-order valence-electron chi connectivity index (χ2n) is 5.30. The average molecular weight is 373 g/mol. The summed E-state index contributed by atoms with van der Waals surface area (Å²) in [5, 5.41) is 0.438. The van der Waals surface area contributed by atoms with Crippen LogP contribution in [0.5, 0.6) is 11.5 Å². The zero-order valence-corrected chi connectivity index (χ0v) is 15.3. The van der Waals surface area contributed by atoms with E-state index in [2.05, 4.69) is 6.58 Å². The van der Waals surface area contributed by atoms with E-state index in [9.17, 15) is 4.79 Å². The average Bonchev–Trinajstić information content (AvgIpc) is 2.91. The maximum Gasteiger partial charge on any atom is 0.200 e. The van der Waals surface area contributed by atoms with Crippen molar-refractivity contribution in [3.05, 3.63) is 70.1 Å². The molecule has 128 valence electrons. The van der Waals surface area contributed by atoms with Crippen LogP contribution >= 0.6 is 23.4 Å². The number of carbonyl (C=O) groups excluding carboxylic acids is 1. The fourth-order valence-electron chi connectivity index (χ4n) is 2.50. The monoisotopic (exact) mass is 372 g/mol. The highest BCUT2D eigenvalue weighted by atomic mass is 35.5. The molecule has 0 radical (unpaired) electrons. The Morgan fingerprint density at radius 1 is 1.24 bits per heavy atom. The first-order valence-electron chi connectivity index (χ1n) is 7.87. The van der Waals surface area contributed by atoms with Crippen molar-refractivity contribution in [2.75, 3.05) is 13.2 Å². The van der Waals surface area contributed by atoms with Gasteiger partial charge in [0.2, 0.25) is 5.78 Å². The van der Waals surface area contributed by atoms with Crippen LogP contribution in [0.15, 0.2) is 58.9 Å². The van der Waals surface area contributed by atoms with Crippen molar-refractivity contribution in [2.24, 2.45) is 0 Å². The molecule has 0 spiro atoms. The normalized spacial score (nSPS) is 14.5. The second kappa shape index (κ2) is 7.81. The van der Waals surface area contributed by atoms with Crippen molar-refractivity contribution in [2.45, 2.75) is 11.8 Å². The van der Waals surface area contributed by atoms with Crippen LogP contribution in [0.4, 0.5) is 0 Å². The van der Waals surface area contributed by atoms with E-state index in [-0.39, 0.29) is 5.78 Å². The molecule has 25 heavy (non-hydrogen) atoms. The number of rotatable bonds is 6. The standard InChI is InChI=1S/C20H17ClO3S/c1-3-9-24-20-15(21)10-13(11-16(20)23-4-2)12-18-19(22)14-7-5-6-8-17(14)25-18/h3,5-8,10-12H,1,4,9H2,2H3/b18-12-. The quantitative estimate of drug-likeness (QED) is 0.486. The Labute approximate surface area is 156 Å². The van der Waals surface area contributed by atoms with Gasteiger partial charge in [-0.25, -0.2) is 0 Å². The lowest BCUT2D eigenvalue weighted by molar-refractivity contribution is 0.104. The second-order valence-corrected chi connectivity index (χ2v) is 6.79. The van der Waals surface area contributed by atoms with Gasteiger partial charge in [0.15, 0.2) is 11.5 Å². The molecule has 2 aromatic rings. The zero-order valence-electron chi connectivity index (χ0n) is 13.8. The number of benzene rings is 2. The summed E-state index contributed by atoms with van der Waals surface area (Å²) in [6.07, 6.45) is 3.48. The van der Waals surface area contributed by atoms with E-state index in [1.165, 1.54) is 11.8 Å². The number of Topliss-reactive ketones (excluding diaryl/α,β-unsaturated/α-hetero) is 1. The highest BCUT2D eigenvalue weighted by Crippen LogP contribution is 2.42. The Hall–Kier alpha value is -2.17. The van der Waals surface area contributed by atoms with Gasteiger partial charge in [-0.05, 0) is 42.8 Å². The van der Waals surface area contributed by atoms with Crippen molar-refractivity contribution in [1.29, 1.82) is 0 Å². The van der Waals surface area contributed by atoms with Crippen molar-refractivity contribution < 1.29 is 14.3 Å². The molecular formula is C20H17ClO3S. The molecule has 0 amide bonds. The highest BCUT2D eigenvalue weighted by molar-refractivity contribution is 8.04. The molecule has 0 aliphatic carbocycles. The maximum atomic E-state index is 12.5. The van der Waals surface area contributed by atoms with Crippen LogP contribution in [0, 0.1) is 0 Å². The van der Waals surface area contributed by atoms with Gasteiger partial charge in [-0.15, -0.1) is 0 Å². The Bertz CT molecular complexity index is 858. The lowest BCUT2D eigenvalue weighted by atomic mass is 10.1. The molecule has 3 rings (SSSR count). The third kappa shape index (κ3) is 3.75. The topological polar surface area (TPSA) is 35.5 Å². The molecule has 0 bridgehead atoms. The molecule has 1 aliphatic rings. The number of halogens is 1. The van der Waals surface area contributed by atoms with E-state index in [1.807, 2.05) is 43.3 Å². The van der Waals surface area contributed by atoms with Gasteiger partial charge in [0, 0.05) is 10.5 Å². The predicted octanol–water partition coefficient (Wildman–Crippen LogP) is 5.63. The third-order valence-corrected chi connectivity index (χ3v) is 4.93. The smallest absolute Gasteiger partial charge is 0.200 e. The van der Waals surface area contributed by atoms with Gasteiger partial charge in [-0.2, -0.15) is 0 Å². The van der Waals surface area contributed by atoms with Gasteiger partial charge in [0.05, 0.1) is 16.5 Å². The van der Waals surface area contributed by atoms with Gasteiger partial charge in [-0.3, -0.25) is 4.79 Å². The molecule has 2 aromatic carbocycles. The number of allylic oxidation sites excluding steroid dienone is 1. The van der Waals surface area contributed by atoms with Gasteiger partial charge < -0.3 is 9.47 Å². The van der Waals surface area contributed by atoms with Crippen LogP contribution in [-0.2, 0) is 0 Å². The molecule has 0 saturated heterocycles. The summed E-state index contributed by atoms with van der Waals surface area (Å²) in [6, 6.07) is 11.2. The first-order valence-corrected chi connectivity index (χ1v) is 9.06. The fourth-order valence-corrected chi connectivity index (χ4v) is 3.83. The maximum absolute atomic E-state index is 12.5. The third-order valence-electron chi connectivity index (χ3n) is 3.55. The van der Waals surface area contributed by atoms with E-state index in [0.717, 1.165) is 16.0 Å². The van der Waals surface area contributed by atoms with Crippen LogP contribution in [0.1, 0.15) is 22.8 Å². The molecule has 0 aromatic heterocycles. The van der Waals surface area contributed by atoms with Crippen LogP contribution in [0.2, 0.25) is 5.02 Å².